The fraction of sp³-hybridized carbons (Fsp3) is 0.333. The lowest BCUT2D eigenvalue weighted by molar-refractivity contribution is 0.0877. The molecule has 114 valence electrons. The van der Waals surface area contributed by atoms with Crippen molar-refractivity contribution in [3.05, 3.63) is 64.1 Å². The van der Waals surface area contributed by atoms with E-state index < -0.39 is 0 Å². The monoisotopic (exact) mass is 357 g/mol. The predicted molar refractivity (Wildman–Crippen MR) is 97.5 cm³/mol. The van der Waals surface area contributed by atoms with E-state index in [1.54, 1.807) is 0 Å². The normalized spacial score (nSPS) is 21.1. The molecule has 0 aromatic heterocycles. The zero-order valence-corrected chi connectivity index (χ0v) is 14.5. The van der Waals surface area contributed by atoms with Gasteiger partial charge in [-0.25, -0.2) is 0 Å². The highest BCUT2D eigenvalue weighted by molar-refractivity contribution is 9.10. The first-order valence-corrected chi connectivity index (χ1v) is 8.61. The van der Waals surface area contributed by atoms with E-state index in [1.165, 1.54) is 16.6 Å². The molecule has 1 heterocycles. The molecule has 22 heavy (non-hydrogen) atoms. The number of hydrogen-bond donors (Lipinski definition) is 1. The molecule has 0 aliphatic carbocycles. The Hall–Kier alpha value is -1.10. The lowest BCUT2D eigenvalue weighted by atomic mass is 9.89. The van der Waals surface area contributed by atoms with E-state index >= 15 is 0 Å². The van der Waals surface area contributed by atoms with E-state index in [9.17, 15) is 0 Å². The minimum atomic E-state index is 0.552. The summed E-state index contributed by atoms with van der Waals surface area (Å²) in [7, 11) is 2.11. The Morgan fingerprint density at radius 2 is 1.95 bits per heavy atom. The summed E-state index contributed by atoms with van der Waals surface area (Å²) < 4.78 is 7.13. The van der Waals surface area contributed by atoms with Gasteiger partial charge in [0.05, 0.1) is 13.2 Å². The second-order valence-corrected chi connectivity index (χ2v) is 7.00. The van der Waals surface area contributed by atoms with E-state index in [0.29, 0.717) is 18.4 Å². The second kappa shape index (κ2) is 7.45. The van der Waals surface area contributed by atoms with Crippen molar-refractivity contribution in [2.24, 2.45) is 5.92 Å². The van der Waals surface area contributed by atoms with Crippen LogP contribution in [0.1, 0.15) is 17.0 Å². The van der Waals surface area contributed by atoms with Crippen LogP contribution in [0.5, 0.6) is 0 Å². The van der Waals surface area contributed by atoms with E-state index in [2.05, 4.69) is 77.6 Å². The third-order valence-electron chi connectivity index (χ3n) is 4.27. The molecule has 2 aromatic rings. The van der Waals surface area contributed by atoms with E-state index in [0.717, 1.165) is 24.2 Å². The molecule has 2 aromatic carbocycles. The summed E-state index contributed by atoms with van der Waals surface area (Å²) >= 11 is 3.55. The van der Waals surface area contributed by atoms with Gasteiger partial charge in [0.2, 0.25) is 0 Å². The van der Waals surface area contributed by atoms with E-state index in [-0.39, 0.29) is 0 Å². The Bertz CT molecular complexity index is 599. The zero-order chi connectivity index (χ0) is 15.4. The van der Waals surface area contributed by atoms with Gasteiger partial charge in [-0.3, -0.25) is 0 Å². The Morgan fingerprint density at radius 1 is 1.14 bits per heavy atom. The molecule has 0 saturated carbocycles. The molecule has 0 spiro atoms. The van der Waals surface area contributed by atoms with Crippen LogP contribution >= 0.6 is 15.9 Å². The molecule has 0 amide bonds. The molecule has 4 heteroatoms. The van der Waals surface area contributed by atoms with Gasteiger partial charge in [-0.1, -0.05) is 63.9 Å². The highest BCUT2D eigenvalue weighted by Gasteiger charge is 2.28. The van der Waals surface area contributed by atoms with Gasteiger partial charge in [-0.05, 0) is 17.2 Å². The van der Waals surface area contributed by atoms with Gasteiger partial charge in [0.1, 0.15) is 7.85 Å². The summed E-state index contributed by atoms with van der Waals surface area (Å²) in [6.45, 7) is 3.57. The number of rotatable bonds is 5. The zero-order valence-electron chi connectivity index (χ0n) is 12.9. The van der Waals surface area contributed by atoms with Crippen LogP contribution in [-0.4, -0.2) is 27.5 Å². The molecule has 1 aliphatic heterocycles. The van der Waals surface area contributed by atoms with Gasteiger partial charge in [0.25, 0.3) is 0 Å². The first-order valence-electron chi connectivity index (χ1n) is 7.82. The van der Waals surface area contributed by atoms with Crippen molar-refractivity contribution < 1.29 is 4.74 Å². The third kappa shape index (κ3) is 4.00. The summed E-state index contributed by atoms with van der Waals surface area (Å²) in [5.41, 5.74) is 3.91. The van der Waals surface area contributed by atoms with Gasteiger partial charge in [-0.15, -0.1) is 0 Å². The highest BCUT2D eigenvalue weighted by Crippen LogP contribution is 2.28. The lowest BCUT2D eigenvalue weighted by Gasteiger charge is -2.19. The maximum absolute atomic E-state index is 6.00. The highest BCUT2D eigenvalue weighted by atomic mass is 79.9. The van der Waals surface area contributed by atoms with Crippen LogP contribution in [0.15, 0.2) is 53.0 Å². The van der Waals surface area contributed by atoms with Gasteiger partial charge < -0.3 is 10.1 Å². The molecule has 1 N–H and O–H groups in total. The fourth-order valence-electron chi connectivity index (χ4n) is 3.22. The predicted octanol–water partition coefficient (Wildman–Crippen LogP) is 2.23. The molecule has 3 rings (SSSR count). The smallest absolute Gasteiger partial charge is 0.139 e. The number of benzene rings is 2. The lowest BCUT2D eigenvalue weighted by Crippen LogP contribution is -2.17. The molecule has 1 unspecified atom stereocenters. The number of halogens is 1. The molecular weight excluding hydrogens is 337 g/mol. The number of nitrogens with one attached hydrogen (secondary N) is 1. The average Bonchev–Trinajstić information content (AvgIpc) is 2.96. The van der Waals surface area contributed by atoms with Crippen molar-refractivity contribution in [3.8, 4) is 0 Å². The van der Waals surface area contributed by atoms with E-state index in [4.69, 9.17) is 4.74 Å². The molecule has 0 radical (unpaired) electrons. The van der Waals surface area contributed by atoms with Crippen molar-refractivity contribution in [1.29, 1.82) is 0 Å². The van der Waals surface area contributed by atoms with Crippen molar-refractivity contribution >= 4 is 29.2 Å². The van der Waals surface area contributed by atoms with Crippen LogP contribution in [0, 0.1) is 5.92 Å². The summed E-state index contributed by atoms with van der Waals surface area (Å²) in [5, 5.41) is 3.50. The SMILES string of the molecule is Bc1cc(Br)cc(COC[C@H]2CNCC2c2ccccc2)c1. The summed E-state index contributed by atoms with van der Waals surface area (Å²) in [6, 6.07) is 17.2. The molecule has 1 aliphatic rings. The standard InChI is InChI=1S/C18H21BBrNO/c19-16-6-13(7-17(20)8-16)11-22-12-15-9-21-10-18(15)14-4-2-1-3-5-14/h1-8,15,18,21H,9-12,19H2/t15-,18?/m1/s1. The van der Waals surface area contributed by atoms with Gasteiger partial charge in [0, 0.05) is 29.4 Å². The van der Waals surface area contributed by atoms with Crippen LogP contribution in [0.25, 0.3) is 0 Å². The topological polar surface area (TPSA) is 21.3 Å². The van der Waals surface area contributed by atoms with Crippen LogP contribution < -0.4 is 10.8 Å². The molecule has 1 fully saturated rings. The molecule has 2 nitrogen and oxygen atoms in total. The van der Waals surface area contributed by atoms with Crippen molar-refractivity contribution in [1.82, 2.24) is 5.32 Å². The van der Waals surface area contributed by atoms with Crippen molar-refractivity contribution in [2.75, 3.05) is 19.7 Å². The quantitative estimate of drug-likeness (QED) is 0.828. The van der Waals surface area contributed by atoms with Crippen molar-refractivity contribution in [3.63, 3.8) is 0 Å². The summed E-state index contributed by atoms with van der Waals surface area (Å²) in [6.07, 6.45) is 0. The molecule has 1 saturated heterocycles. The van der Waals surface area contributed by atoms with Crippen LogP contribution in [0.2, 0.25) is 0 Å². The fourth-order valence-corrected chi connectivity index (χ4v) is 3.88. The maximum Gasteiger partial charge on any atom is 0.139 e. The van der Waals surface area contributed by atoms with Crippen LogP contribution in [0.4, 0.5) is 0 Å². The van der Waals surface area contributed by atoms with Gasteiger partial charge in [-0.2, -0.15) is 0 Å². The van der Waals surface area contributed by atoms with Gasteiger partial charge in [0.15, 0.2) is 0 Å². The Balaban J connectivity index is 1.56. The van der Waals surface area contributed by atoms with Crippen LogP contribution in [-0.2, 0) is 11.3 Å². The first-order chi connectivity index (χ1) is 10.7. The summed E-state index contributed by atoms with van der Waals surface area (Å²) in [5.74, 6) is 1.11. The van der Waals surface area contributed by atoms with Crippen LogP contribution in [0.3, 0.4) is 0 Å². The minimum Gasteiger partial charge on any atom is -0.376 e. The molecular formula is C18H21BBrNO. The largest absolute Gasteiger partial charge is 0.376 e. The Morgan fingerprint density at radius 3 is 2.73 bits per heavy atom. The van der Waals surface area contributed by atoms with E-state index in [1.807, 2.05) is 0 Å². The van der Waals surface area contributed by atoms with Crippen molar-refractivity contribution in [2.45, 2.75) is 12.5 Å². The minimum absolute atomic E-state index is 0.552. The molecule has 0 bridgehead atoms. The first kappa shape index (κ1) is 15.8. The number of hydrogen-bond acceptors (Lipinski definition) is 2. The molecule has 2 atom stereocenters. The summed E-state index contributed by atoms with van der Waals surface area (Å²) in [4.78, 5) is 0. The average molecular weight is 358 g/mol. The number of ether oxygens (including phenoxy) is 1. The van der Waals surface area contributed by atoms with Gasteiger partial charge >= 0.3 is 0 Å². The third-order valence-corrected chi connectivity index (χ3v) is 4.73. The Kier molecular flexibility index (Phi) is 5.34. The Labute approximate surface area is 141 Å². The second-order valence-electron chi connectivity index (χ2n) is 6.09. The maximum atomic E-state index is 6.00.